The van der Waals surface area contributed by atoms with Crippen molar-refractivity contribution in [3.8, 4) is 5.75 Å². The molecule has 0 aromatic heterocycles. The van der Waals surface area contributed by atoms with E-state index in [9.17, 15) is 9.18 Å². The number of carbonyl (C=O) groups is 1. The predicted octanol–water partition coefficient (Wildman–Crippen LogP) is 6.37. The van der Waals surface area contributed by atoms with E-state index in [4.69, 9.17) is 9.47 Å². The molecule has 5 heteroatoms. The minimum absolute atomic E-state index is 0.183. The summed E-state index contributed by atoms with van der Waals surface area (Å²) in [4.78, 5) is 12.8. The van der Waals surface area contributed by atoms with Crippen molar-refractivity contribution in [2.45, 2.75) is 19.8 Å². The zero-order valence-electron chi connectivity index (χ0n) is 18.0. The van der Waals surface area contributed by atoms with Gasteiger partial charge >= 0.3 is 5.97 Å². The summed E-state index contributed by atoms with van der Waals surface area (Å²) in [5.41, 5.74) is 3.98. The van der Waals surface area contributed by atoms with Crippen molar-refractivity contribution in [2.24, 2.45) is 0 Å². The first kappa shape index (κ1) is 22.1. The van der Waals surface area contributed by atoms with Crippen LogP contribution in [0.15, 0.2) is 103 Å². The fourth-order valence-corrected chi connectivity index (χ4v) is 3.26. The van der Waals surface area contributed by atoms with Crippen LogP contribution in [0.5, 0.6) is 5.75 Å². The summed E-state index contributed by atoms with van der Waals surface area (Å²) < 4.78 is 24.7. The Hall–Kier alpha value is -4.12. The maximum absolute atomic E-state index is 13.1. The summed E-state index contributed by atoms with van der Waals surface area (Å²) in [5.74, 6) is -0.290. The van der Waals surface area contributed by atoms with Crippen LogP contribution < -0.4 is 10.1 Å². The summed E-state index contributed by atoms with van der Waals surface area (Å²) in [7, 11) is 0. The van der Waals surface area contributed by atoms with E-state index in [1.807, 2.05) is 60.7 Å². The Bertz CT molecular complexity index is 1180. The van der Waals surface area contributed by atoms with Gasteiger partial charge in [-0.15, -0.1) is 0 Å². The molecule has 0 unspecified atom stereocenters. The number of halogens is 1. The van der Waals surface area contributed by atoms with Crippen LogP contribution in [0.3, 0.4) is 0 Å². The van der Waals surface area contributed by atoms with E-state index in [2.05, 4.69) is 5.32 Å². The molecule has 0 aliphatic rings. The van der Waals surface area contributed by atoms with Crippen molar-refractivity contribution >= 4 is 11.7 Å². The maximum Gasteiger partial charge on any atom is 0.342 e. The Morgan fingerprint density at radius 1 is 0.727 bits per heavy atom. The molecule has 0 aliphatic carbocycles. The Labute approximate surface area is 192 Å². The highest BCUT2D eigenvalue weighted by molar-refractivity contribution is 5.93. The number of ether oxygens (including phenoxy) is 2. The quantitative estimate of drug-likeness (QED) is 0.307. The topological polar surface area (TPSA) is 47.6 Å². The molecule has 0 atom stereocenters. The Kier molecular flexibility index (Phi) is 7.33. The lowest BCUT2D eigenvalue weighted by molar-refractivity contribution is 0.0467. The van der Waals surface area contributed by atoms with Crippen molar-refractivity contribution < 1.29 is 18.7 Å². The average molecular weight is 442 g/mol. The molecule has 166 valence electrons. The largest absolute Gasteiger partial charge is 0.488 e. The van der Waals surface area contributed by atoms with E-state index >= 15 is 0 Å². The number of anilines is 1. The summed E-state index contributed by atoms with van der Waals surface area (Å²) in [5, 5.41) is 3.29. The molecular weight excluding hydrogens is 417 g/mol. The lowest BCUT2D eigenvalue weighted by atomic mass is 10.1. The maximum atomic E-state index is 13.1. The number of rotatable bonds is 9. The lowest BCUT2D eigenvalue weighted by Gasteiger charge is -2.14. The van der Waals surface area contributed by atoms with Gasteiger partial charge in [-0.05, 0) is 41.0 Å². The van der Waals surface area contributed by atoms with Crippen LogP contribution in [-0.2, 0) is 24.5 Å². The summed E-state index contributed by atoms with van der Waals surface area (Å²) >= 11 is 0. The predicted molar refractivity (Wildman–Crippen MR) is 127 cm³/mol. The molecule has 0 heterocycles. The molecule has 0 amide bonds. The molecule has 4 rings (SSSR count). The summed E-state index contributed by atoms with van der Waals surface area (Å²) in [6, 6.07) is 30.9. The fourth-order valence-electron chi connectivity index (χ4n) is 3.26. The van der Waals surface area contributed by atoms with Gasteiger partial charge in [0.25, 0.3) is 0 Å². The van der Waals surface area contributed by atoms with Crippen LogP contribution in [0.1, 0.15) is 27.0 Å². The molecule has 1 N–H and O–H groups in total. The van der Waals surface area contributed by atoms with Crippen LogP contribution in [-0.4, -0.2) is 5.97 Å². The second kappa shape index (κ2) is 11.0. The lowest BCUT2D eigenvalue weighted by Crippen LogP contribution is -2.09. The highest BCUT2D eigenvalue weighted by atomic mass is 19.1. The SMILES string of the molecule is O=C(OCc1ccccc1)c1ccc(NCc2ccc(F)cc2)cc1OCc1ccccc1. The number of hydrogen-bond acceptors (Lipinski definition) is 4. The van der Waals surface area contributed by atoms with E-state index in [0.717, 1.165) is 22.4 Å². The summed E-state index contributed by atoms with van der Waals surface area (Å²) in [6.45, 7) is 1.01. The first-order chi connectivity index (χ1) is 16.2. The van der Waals surface area contributed by atoms with Crippen LogP contribution in [0.25, 0.3) is 0 Å². The number of esters is 1. The first-order valence-electron chi connectivity index (χ1n) is 10.7. The molecule has 0 bridgehead atoms. The monoisotopic (exact) mass is 441 g/mol. The minimum atomic E-state index is -0.452. The smallest absolute Gasteiger partial charge is 0.342 e. The van der Waals surface area contributed by atoms with Gasteiger partial charge in [0, 0.05) is 18.3 Å². The molecule has 33 heavy (non-hydrogen) atoms. The third kappa shape index (κ3) is 6.43. The third-order valence-electron chi connectivity index (χ3n) is 5.06. The van der Waals surface area contributed by atoms with E-state index in [1.165, 1.54) is 12.1 Å². The van der Waals surface area contributed by atoms with Gasteiger partial charge in [0.2, 0.25) is 0 Å². The molecule has 4 nitrogen and oxygen atoms in total. The van der Waals surface area contributed by atoms with E-state index in [1.54, 1.807) is 30.3 Å². The molecule has 0 aliphatic heterocycles. The first-order valence-corrected chi connectivity index (χ1v) is 10.7. The highest BCUT2D eigenvalue weighted by Gasteiger charge is 2.16. The third-order valence-corrected chi connectivity index (χ3v) is 5.06. The number of carbonyl (C=O) groups excluding carboxylic acids is 1. The minimum Gasteiger partial charge on any atom is -0.488 e. The van der Waals surface area contributed by atoms with E-state index in [0.29, 0.717) is 24.5 Å². The Balaban J connectivity index is 1.49. The second-order valence-corrected chi connectivity index (χ2v) is 7.53. The molecule has 0 saturated carbocycles. The van der Waals surface area contributed by atoms with Crippen molar-refractivity contribution in [1.82, 2.24) is 0 Å². The van der Waals surface area contributed by atoms with E-state index < -0.39 is 5.97 Å². The van der Waals surface area contributed by atoms with Crippen LogP contribution in [0, 0.1) is 5.82 Å². The number of benzene rings is 4. The van der Waals surface area contributed by atoms with Crippen LogP contribution in [0.2, 0.25) is 0 Å². The molecular formula is C28H24FNO3. The molecule has 0 fully saturated rings. The molecule has 0 radical (unpaired) electrons. The van der Waals surface area contributed by atoms with Gasteiger partial charge in [-0.2, -0.15) is 0 Å². The van der Waals surface area contributed by atoms with Gasteiger partial charge in [-0.25, -0.2) is 9.18 Å². The normalized spacial score (nSPS) is 10.5. The van der Waals surface area contributed by atoms with Crippen molar-refractivity contribution in [1.29, 1.82) is 0 Å². The van der Waals surface area contributed by atoms with Gasteiger partial charge < -0.3 is 14.8 Å². The highest BCUT2D eigenvalue weighted by Crippen LogP contribution is 2.26. The van der Waals surface area contributed by atoms with Crippen LogP contribution in [0.4, 0.5) is 10.1 Å². The van der Waals surface area contributed by atoms with Crippen molar-refractivity contribution in [3.05, 3.63) is 131 Å². The van der Waals surface area contributed by atoms with Crippen molar-refractivity contribution in [2.75, 3.05) is 5.32 Å². The molecule has 0 saturated heterocycles. The van der Waals surface area contributed by atoms with E-state index in [-0.39, 0.29) is 12.4 Å². The molecule has 4 aromatic rings. The number of hydrogen-bond donors (Lipinski definition) is 1. The van der Waals surface area contributed by atoms with Gasteiger partial charge in [0.15, 0.2) is 0 Å². The van der Waals surface area contributed by atoms with Crippen molar-refractivity contribution in [3.63, 3.8) is 0 Å². The van der Waals surface area contributed by atoms with Gasteiger partial charge in [0.1, 0.15) is 30.3 Å². The second-order valence-electron chi connectivity index (χ2n) is 7.53. The van der Waals surface area contributed by atoms with Gasteiger partial charge in [-0.3, -0.25) is 0 Å². The average Bonchev–Trinajstić information content (AvgIpc) is 2.87. The molecule has 0 spiro atoms. The van der Waals surface area contributed by atoms with Gasteiger partial charge in [0.05, 0.1) is 0 Å². The summed E-state index contributed by atoms with van der Waals surface area (Å²) in [6.07, 6.45) is 0. The van der Waals surface area contributed by atoms with Gasteiger partial charge in [-0.1, -0.05) is 72.8 Å². The Morgan fingerprint density at radius 3 is 2.03 bits per heavy atom. The fraction of sp³-hybridized carbons (Fsp3) is 0.107. The standard InChI is InChI=1S/C28H24FNO3/c29-24-13-11-21(12-14-24)18-30-25-15-16-26(28(31)33-20-23-9-5-2-6-10-23)27(17-25)32-19-22-7-3-1-4-8-22/h1-17,30H,18-20H2. The number of nitrogens with one attached hydrogen (secondary N) is 1. The zero-order valence-corrected chi connectivity index (χ0v) is 18.0. The Morgan fingerprint density at radius 2 is 1.36 bits per heavy atom. The molecule has 4 aromatic carbocycles. The van der Waals surface area contributed by atoms with Crippen LogP contribution >= 0.6 is 0 Å². The zero-order chi connectivity index (χ0) is 22.9.